The number of methoxy groups -OCH3 is 1. The van der Waals surface area contributed by atoms with Gasteiger partial charge in [0.05, 0.1) is 7.11 Å². The van der Waals surface area contributed by atoms with Crippen molar-refractivity contribution < 1.29 is 4.74 Å². The molecule has 0 spiro atoms. The zero-order chi connectivity index (χ0) is 28.6. The van der Waals surface area contributed by atoms with Gasteiger partial charge in [-0.05, 0) is 77.4 Å². The van der Waals surface area contributed by atoms with Crippen molar-refractivity contribution in [2.24, 2.45) is 0 Å². The third-order valence-electron chi connectivity index (χ3n) is 7.35. The summed E-state index contributed by atoms with van der Waals surface area (Å²) in [6.45, 7) is 6.34. The number of aryl methyl sites for hydroxylation is 3. The lowest BCUT2D eigenvalue weighted by Crippen LogP contribution is -1.83. The second kappa shape index (κ2) is 13.0. The van der Waals surface area contributed by atoms with E-state index in [-0.39, 0.29) is 0 Å². The van der Waals surface area contributed by atoms with E-state index >= 15 is 0 Å². The topological polar surface area (TPSA) is 9.23 Å². The van der Waals surface area contributed by atoms with Crippen LogP contribution in [-0.4, -0.2) is 7.11 Å². The van der Waals surface area contributed by atoms with Crippen LogP contribution in [0.15, 0.2) is 146 Å². The number of rotatable bonds is 5. The summed E-state index contributed by atoms with van der Waals surface area (Å²) in [6.07, 6.45) is 0. The van der Waals surface area contributed by atoms with Gasteiger partial charge in [0.1, 0.15) is 5.75 Å². The smallest absolute Gasteiger partial charge is 0.118 e. The zero-order valence-corrected chi connectivity index (χ0v) is 24.3. The van der Waals surface area contributed by atoms with E-state index in [1.54, 1.807) is 7.11 Å². The summed E-state index contributed by atoms with van der Waals surface area (Å²) in [6, 6.07) is 51.5. The van der Waals surface area contributed by atoms with E-state index < -0.39 is 0 Å². The largest absolute Gasteiger partial charge is 0.497 e. The van der Waals surface area contributed by atoms with E-state index in [9.17, 15) is 0 Å². The first-order valence-corrected chi connectivity index (χ1v) is 14.0. The molecule has 0 aliphatic rings. The molecule has 0 radical (unpaired) electrons. The lowest BCUT2D eigenvalue weighted by atomic mass is 9.99. The van der Waals surface area contributed by atoms with Crippen molar-refractivity contribution in [2.75, 3.05) is 7.11 Å². The van der Waals surface area contributed by atoms with Gasteiger partial charge in [-0.3, -0.25) is 0 Å². The molecule has 0 heterocycles. The average Bonchev–Trinajstić information content (AvgIpc) is 3.03. The molecule has 6 rings (SSSR count). The van der Waals surface area contributed by atoms with Crippen molar-refractivity contribution in [3.8, 4) is 50.3 Å². The highest BCUT2D eigenvalue weighted by Gasteiger charge is 2.02. The molecule has 0 aliphatic heterocycles. The maximum Gasteiger partial charge on any atom is 0.118 e. The average molecular weight is 533 g/mol. The predicted octanol–water partition coefficient (Wildman–Crippen LogP) is 11.0. The van der Waals surface area contributed by atoms with Crippen molar-refractivity contribution in [3.05, 3.63) is 162 Å². The van der Waals surface area contributed by atoms with Gasteiger partial charge >= 0.3 is 0 Å². The summed E-state index contributed by atoms with van der Waals surface area (Å²) >= 11 is 0. The summed E-state index contributed by atoms with van der Waals surface area (Å²) in [4.78, 5) is 0. The highest BCUT2D eigenvalue weighted by atomic mass is 16.5. The van der Waals surface area contributed by atoms with Crippen LogP contribution in [0.2, 0.25) is 0 Å². The van der Waals surface area contributed by atoms with Crippen molar-refractivity contribution in [1.29, 1.82) is 0 Å². The molecule has 0 fully saturated rings. The lowest BCUT2D eigenvalue weighted by Gasteiger charge is -2.06. The Hall–Kier alpha value is -4.88. The van der Waals surface area contributed by atoms with Crippen LogP contribution < -0.4 is 4.74 Å². The van der Waals surface area contributed by atoms with Crippen LogP contribution >= 0.6 is 0 Å². The predicted molar refractivity (Wildman–Crippen MR) is 175 cm³/mol. The number of hydrogen-bond donors (Lipinski definition) is 0. The van der Waals surface area contributed by atoms with Crippen LogP contribution in [0.5, 0.6) is 5.75 Å². The maximum atomic E-state index is 5.19. The Morgan fingerprint density at radius 3 is 0.634 bits per heavy atom. The zero-order valence-electron chi connectivity index (χ0n) is 24.3. The monoisotopic (exact) mass is 532 g/mol. The molecular weight excluding hydrogens is 496 g/mol. The molecule has 1 heteroatoms. The fourth-order valence-corrected chi connectivity index (χ4v) is 4.73. The Labute approximate surface area is 244 Å². The van der Waals surface area contributed by atoms with Gasteiger partial charge in [0, 0.05) is 0 Å². The molecule has 41 heavy (non-hydrogen) atoms. The van der Waals surface area contributed by atoms with Crippen LogP contribution in [0.1, 0.15) is 16.7 Å². The van der Waals surface area contributed by atoms with Gasteiger partial charge in [0.25, 0.3) is 0 Å². The third kappa shape index (κ3) is 7.21. The van der Waals surface area contributed by atoms with Gasteiger partial charge in [-0.2, -0.15) is 0 Å². The minimum absolute atomic E-state index is 0.884. The van der Waals surface area contributed by atoms with E-state index in [2.05, 4.69) is 154 Å². The molecule has 6 aromatic rings. The molecule has 1 nitrogen and oxygen atoms in total. The first-order chi connectivity index (χ1) is 20.0. The third-order valence-corrected chi connectivity index (χ3v) is 7.35. The highest BCUT2D eigenvalue weighted by Crippen LogP contribution is 2.27. The minimum Gasteiger partial charge on any atom is -0.497 e. The Balaban J connectivity index is 0.000000165. The van der Waals surface area contributed by atoms with Gasteiger partial charge in [0.15, 0.2) is 0 Å². The Morgan fingerprint density at radius 2 is 0.439 bits per heavy atom. The lowest BCUT2D eigenvalue weighted by molar-refractivity contribution is 0.415. The molecule has 0 aromatic heterocycles. The van der Waals surface area contributed by atoms with Gasteiger partial charge in [-0.15, -0.1) is 0 Å². The van der Waals surface area contributed by atoms with Crippen LogP contribution in [-0.2, 0) is 0 Å². The van der Waals surface area contributed by atoms with Crippen LogP contribution in [0, 0.1) is 20.8 Å². The highest BCUT2D eigenvalue weighted by molar-refractivity contribution is 5.72. The Bertz CT molecular complexity index is 1590. The maximum absolute atomic E-state index is 5.19. The summed E-state index contributed by atoms with van der Waals surface area (Å²) in [7, 11) is 1.69. The molecule has 202 valence electrons. The molecule has 0 bridgehead atoms. The van der Waals surface area contributed by atoms with Gasteiger partial charge in [-0.1, -0.05) is 150 Å². The summed E-state index contributed by atoms with van der Waals surface area (Å²) in [5.74, 6) is 0.884. The van der Waals surface area contributed by atoms with E-state index in [4.69, 9.17) is 4.74 Å². The first-order valence-electron chi connectivity index (χ1n) is 14.0. The molecule has 0 unspecified atom stereocenters. The van der Waals surface area contributed by atoms with Gasteiger partial charge in [0.2, 0.25) is 0 Å². The standard InChI is InChI=1S/C20H18O.C20H18/c1-15-3-5-16(6-4-15)17-7-9-18(10-8-17)19-11-13-20(21-2)14-12-19;1-15-3-7-17(8-4-15)19-11-13-20(14-12-19)18-9-5-16(2)6-10-18/h3-14H,1-2H3;3-14H,1-2H3. The molecule has 0 saturated heterocycles. The van der Waals surface area contributed by atoms with E-state index in [1.165, 1.54) is 61.2 Å². The van der Waals surface area contributed by atoms with Crippen LogP contribution in [0.4, 0.5) is 0 Å². The molecule has 0 saturated carbocycles. The van der Waals surface area contributed by atoms with E-state index in [1.807, 2.05) is 12.1 Å². The quantitative estimate of drug-likeness (QED) is 0.214. The number of ether oxygens (including phenoxy) is 1. The second-order valence-corrected chi connectivity index (χ2v) is 10.5. The number of benzene rings is 6. The fourth-order valence-electron chi connectivity index (χ4n) is 4.73. The van der Waals surface area contributed by atoms with Crippen LogP contribution in [0.25, 0.3) is 44.5 Å². The molecule has 0 N–H and O–H groups in total. The van der Waals surface area contributed by atoms with Crippen LogP contribution in [0.3, 0.4) is 0 Å². The first kappa shape index (κ1) is 27.7. The van der Waals surface area contributed by atoms with E-state index in [0.717, 1.165) is 5.75 Å². The molecule has 0 amide bonds. The molecule has 0 atom stereocenters. The Morgan fingerprint density at radius 1 is 0.268 bits per heavy atom. The minimum atomic E-state index is 0.884. The number of hydrogen-bond acceptors (Lipinski definition) is 1. The van der Waals surface area contributed by atoms with E-state index in [0.29, 0.717) is 0 Å². The second-order valence-electron chi connectivity index (χ2n) is 10.5. The van der Waals surface area contributed by atoms with Crippen molar-refractivity contribution >= 4 is 0 Å². The Kier molecular flexibility index (Phi) is 8.76. The molecular formula is C40H36O. The van der Waals surface area contributed by atoms with Crippen molar-refractivity contribution in [1.82, 2.24) is 0 Å². The molecule has 6 aromatic carbocycles. The summed E-state index contributed by atoms with van der Waals surface area (Å²) in [5.41, 5.74) is 13.9. The van der Waals surface area contributed by atoms with Crippen molar-refractivity contribution in [3.63, 3.8) is 0 Å². The molecule has 0 aliphatic carbocycles. The fraction of sp³-hybridized carbons (Fsp3) is 0.100. The summed E-state index contributed by atoms with van der Waals surface area (Å²) in [5, 5.41) is 0. The van der Waals surface area contributed by atoms with Gasteiger partial charge < -0.3 is 4.74 Å². The normalized spacial score (nSPS) is 10.4. The van der Waals surface area contributed by atoms with Gasteiger partial charge in [-0.25, -0.2) is 0 Å². The summed E-state index contributed by atoms with van der Waals surface area (Å²) < 4.78 is 5.19. The van der Waals surface area contributed by atoms with Crippen molar-refractivity contribution in [2.45, 2.75) is 20.8 Å². The SMILES string of the molecule is COc1ccc(-c2ccc(-c3ccc(C)cc3)cc2)cc1.Cc1ccc(-c2ccc(-c3ccc(C)cc3)cc2)cc1.